The summed E-state index contributed by atoms with van der Waals surface area (Å²) in [6, 6.07) is 7.02. The van der Waals surface area contributed by atoms with Gasteiger partial charge in [0, 0.05) is 36.1 Å². The molecule has 3 heterocycles. The molecule has 132 valence electrons. The summed E-state index contributed by atoms with van der Waals surface area (Å²) in [5.74, 6) is -0.262. The second-order valence-electron chi connectivity index (χ2n) is 7.39. The maximum Gasteiger partial charge on any atom is 0.123 e. The van der Waals surface area contributed by atoms with Crippen molar-refractivity contribution in [2.24, 2.45) is 0 Å². The summed E-state index contributed by atoms with van der Waals surface area (Å²) in [5, 5.41) is 15.6. The van der Waals surface area contributed by atoms with Crippen LogP contribution in [0.3, 0.4) is 0 Å². The van der Waals surface area contributed by atoms with Crippen molar-refractivity contribution in [3.63, 3.8) is 0 Å². The zero-order valence-corrected chi connectivity index (χ0v) is 14.5. The zero-order chi connectivity index (χ0) is 17.6. The molecule has 2 aromatic rings. The molecule has 0 radical (unpaired) electrons. The van der Waals surface area contributed by atoms with Crippen molar-refractivity contribution in [1.82, 2.24) is 14.7 Å². The number of halogens is 1. The highest BCUT2D eigenvalue weighted by Gasteiger charge is 2.48. The van der Waals surface area contributed by atoms with Crippen LogP contribution in [0, 0.1) is 12.7 Å². The molecule has 2 saturated heterocycles. The van der Waals surface area contributed by atoms with Crippen LogP contribution >= 0.6 is 0 Å². The molecule has 5 heteroatoms. The normalized spacial score (nSPS) is 29.1. The van der Waals surface area contributed by atoms with E-state index in [2.05, 4.69) is 23.5 Å². The summed E-state index contributed by atoms with van der Waals surface area (Å²) in [4.78, 5) is 2.51. The lowest BCUT2D eigenvalue weighted by Gasteiger charge is -2.44. The largest absolute Gasteiger partial charge is 0.385 e. The van der Waals surface area contributed by atoms with Crippen LogP contribution in [-0.4, -0.2) is 31.9 Å². The fourth-order valence-corrected chi connectivity index (χ4v) is 4.57. The number of fused-ring (bicyclic) bond motifs is 2. The molecule has 4 nitrogen and oxygen atoms in total. The fraction of sp³-hybridized carbons (Fsp3) is 0.450. The van der Waals surface area contributed by atoms with Gasteiger partial charge in [0.1, 0.15) is 5.82 Å². The van der Waals surface area contributed by atoms with E-state index in [4.69, 9.17) is 0 Å². The van der Waals surface area contributed by atoms with E-state index in [0.29, 0.717) is 24.9 Å². The number of rotatable bonds is 4. The molecule has 2 unspecified atom stereocenters. The molecule has 2 bridgehead atoms. The zero-order valence-electron chi connectivity index (χ0n) is 14.5. The first-order valence-corrected chi connectivity index (χ1v) is 8.90. The van der Waals surface area contributed by atoms with E-state index in [1.54, 1.807) is 23.0 Å². The minimum absolute atomic E-state index is 0.262. The molecular weight excluding hydrogens is 317 g/mol. The van der Waals surface area contributed by atoms with Crippen molar-refractivity contribution in [2.75, 3.05) is 0 Å². The smallest absolute Gasteiger partial charge is 0.123 e. The topological polar surface area (TPSA) is 41.3 Å². The van der Waals surface area contributed by atoms with Crippen LogP contribution in [0.2, 0.25) is 0 Å². The minimum atomic E-state index is -0.851. The molecule has 1 N–H and O–H groups in total. The van der Waals surface area contributed by atoms with Crippen LogP contribution in [0.25, 0.3) is 6.20 Å². The predicted octanol–water partition coefficient (Wildman–Crippen LogP) is 3.45. The van der Waals surface area contributed by atoms with Gasteiger partial charge in [0.05, 0.1) is 11.8 Å². The van der Waals surface area contributed by atoms with Gasteiger partial charge >= 0.3 is 0 Å². The number of hydrogen-bond donors (Lipinski definition) is 1. The van der Waals surface area contributed by atoms with Crippen molar-refractivity contribution in [3.05, 3.63) is 59.7 Å². The van der Waals surface area contributed by atoms with Gasteiger partial charge in [-0.25, -0.2) is 9.07 Å². The first-order chi connectivity index (χ1) is 12.0. The van der Waals surface area contributed by atoms with Crippen molar-refractivity contribution in [2.45, 2.75) is 56.8 Å². The van der Waals surface area contributed by atoms with Gasteiger partial charge in [-0.15, -0.1) is 0 Å². The highest BCUT2D eigenvalue weighted by molar-refractivity contribution is 5.28. The molecule has 0 aliphatic carbocycles. The number of aliphatic hydroxyl groups is 1. The van der Waals surface area contributed by atoms with Crippen LogP contribution in [0.4, 0.5) is 4.39 Å². The van der Waals surface area contributed by atoms with E-state index in [1.165, 1.54) is 17.7 Å². The summed E-state index contributed by atoms with van der Waals surface area (Å²) in [6.07, 6.45) is 7.23. The third-order valence-corrected chi connectivity index (χ3v) is 5.97. The molecule has 0 amide bonds. The lowest BCUT2D eigenvalue weighted by molar-refractivity contribution is -0.0595. The third-order valence-electron chi connectivity index (χ3n) is 5.97. The van der Waals surface area contributed by atoms with Gasteiger partial charge in [-0.1, -0.05) is 18.7 Å². The van der Waals surface area contributed by atoms with Crippen molar-refractivity contribution in [3.8, 4) is 0 Å². The van der Waals surface area contributed by atoms with Crippen LogP contribution in [-0.2, 0) is 12.1 Å². The Hall–Kier alpha value is -1.98. The van der Waals surface area contributed by atoms with E-state index < -0.39 is 5.60 Å². The molecule has 4 rings (SSSR count). The lowest BCUT2D eigenvalue weighted by atomic mass is 9.80. The minimum Gasteiger partial charge on any atom is -0.385 e. The Bertz CT molecular complexity index is 769. The first kappa shape index (κ1) is 16.5. The van der Waals surface area contributed by atoms with Gasteiger partial charge in [-0.2, -0.15) is 5.10 Å². The molecule has 0 saturated carbocycles. The predicted molar refractivity (Wildman–Crippen MR) is 95.2 cm³/mol. The Morgan fingerprint density at radius 3 is 2.48 bits per heavy atom. The molecule has 25 heavy (non-hydrogen) atoms. The maximum absolute atomic E-state index is 13.2. The average molecular weight is 341 g/mol. The van der Waals surface area contributed by atoms with Gasteiger partial charge in [-0.05, 0) is 50.3 Å². The Kier molecular flexibility index (Phi) is 4.01. The number of hydrogen-bond acceptors (Lipinski definition) is 3. The number of piperidine rings is 1. The Morgan fingerprint density at radius 1 is 1.28 bits per heavy atom. The van der Waals surface area contributed by atoms with Gasteiger partial charge < -0.3 is 5.11 Å². The fourth-order valence-electron chi connectivity index (χ4n) is 4.57. The summed E-state index contributed by atoms with van der Waals surface area (Å²) in [6.45, 7) is 6.70. The molecule has 1 aromatic carbocycles. The molecule has 2 aliphatic heterocycles. The SMILES string of the molecule is C=Cn1ncc(CN2C3CCC2CC(O)(c2ccc(F)cc2)C3)c1C. The van der Waals surface area contributed by atoms with Crippen LogP contribution in [0.1, 0.15) is 42.5 Å². The van der Waals surface area contributed by atoms with Crippen LogP contribution < -0.4 is 0 Å². The monoisotopic (exact) mass is 341 g/mol. The summed E-state index contributed by atoms with van der Waals surface area (Å²) < 4.78 is 15.0. The van der Waals surface area contributed by atoms with Gasteiger partial charge in [0.2, 0.25) is 0 Å². The Morgan fingerprint density at radius 2 is 1.92 bits per heavy atom. The van der Waals surface area contributed by atoms with Crippen LogP contribution in [0.15, 0.2) is 37.0 Å². The molecular formula is C20H24FN3O. The summed E-state index contributed by atoms with van der Waals surface area (Å²) in [7, 11) is 0. The highest BCUT2D eigenvalue weighted by Crippen LogP contribution is 2.46. The molecule has 2 atom stereocenters. The van der Waals surface area contributed by atoms with Gasteiger partial charge in [0.15, 0.2) is 0 Å². The van der Waals surface area contributed by atoms with E-state index in [9.17, 15) is 9.50 Å². The van der Waals surface area contributed by atoms with Crippen molar-refractivity contribution in [1.29, 1.82) is 0 Å². The highest BCUT2D eigenvalue weighted by atomic mass is 19.1. The maximum atomic E-state index is 13.2. The molecule has 2 aliphatic rings. The average Bonchev–Trinajstić information content (AvgIpc) is 3.06. The number of nitrogens with zero attached hydrogens (tertiary/aromatic N) is 3. The summed E-state index contributed by atoms with van der Waals surface area (Å²) >= 11 is 0. The lowest BCUT2D eigenvalue weighted by Crippen LogP contribution is -2.49. The third kappa shape index (κ3) is 2.81. The Labute approximate surface area is 147 Å². The Balaban J connectivity index is 1.54. The van der Waals surface area contributed by atoms with Crippen molar-refractivity contribution >= 4 is 6.20 Å². The second kappa shape index (κ2) is 6.07. The van der Waals surface area contributed by atoms with E-state index in [-0.39, 0.29) is 5.82 Å². The standard InChI is InChI=1S/C20H24FN3O/c1-3-24-14(2)15(12-22-24)13-23-18-8-9-19(23)11-20(25,10-18)16-4-6-17(21)7-5-16/h3-7,12,18-19,25H,1,8-11,13H2,2H3. The molecule has 1 aromatic heterocycles. The molecule has 0 spiro atoms. The number of benzene rings is 1. The van der Waals surface area contributed by atoms with Gasteiger partial charge in [-0.3, -0.25) is 4.90 Å². The van der Waals surface area contributed by atoms with Crippen molar-refractivity contribution < 1.29 is 9.50 Å². The van der Waals surface area contributed by atoms with Gasteiger partial charge in [0.25, 0.3) is 0 Å². The summed E-state index contributed by atoms with van der Waals surface area (Å²) in [5.41, 5.74) is 2.31. The second-order valence-corrected chi connectivity index (χ2v) is 7.39. The number of aromatic nitrogens is 2. The van der Waals surface area contributed by atoms with E-state index >= 15 is 0 Å². The quantitative estimate of drug-likeness (QED) is 0.926. The van der Waals surface area contributed by atoms with Crippen LogP contribution in [0.5, 0.6) is 0 Å². The first-order valence-electron chi connectivity index (χ1n) is 8.90. The molecule has 2 fully saturated rings. The van der Waals surface area contributed by atoms with E-state index in [1.807, 2.05) is 6.20 Å². The van der Waals surface area contributed by atoms with E-state index in [0.717, 1.165) is 30.6 Å².